The fraction of sp³-hybridized carbons (Fsp3) is 0.188. The van der Waals surface area contributed by atoms with Crippen LogP contribution in [-0.2, 0) is 6.54 Å². The van der Waals surface area contributed by atoms with E-state index in [0.717, 1.165) is 5.56 Å². The van der Waals surface area contributed by atoms with Gasteiger partial charge in [-0.3, -0.25) is 0 Å². The van der Waals surface area contributed by atoms with E-state index in [1.165, 1.54) is 6.07 Å². The molecule has 0 aromatic heterocycles. The first-order valence-electron chi connectivity index (χ1n) is 6.33. The zero-order chi connectivity index (χ0) is 14.4. The molecule has 20 heavy (non-hydrogen) atoms. The summed E-state index contributed by atoms with van der Waals surface area (Å²) >= 11 is 0. The Balaban J connectivity index is 1.86. The zero-order valence-electron chi connectivity index (χ0n) is 10.9. The number of hydrogen-bond acceptors (Lipinski definition) is 3. The molecule has 0 amide bonds. The summed E-state index contributed by atoms with van der Waals surface area (Å²) in [6.45, 7) is 0.818. The van der Waals surface area contributed by atoms with Crippen LogP contribution in [0.4, 0.5) is 4.39 Å². The summed E-state index contributed by atoms with van der Waals surface area (Å²) in [6, 6.07) is 15.4. The molecule has 0 bridgehead atoms. The molecule has 2 aromatic rings. The Labute approximate surface area is 117 Å². The van der Waals surface area contributed by atoms with Crippen LogP contribution in [0.3, 0.4) is 0 Å². The molecule has 0 radical (unpaired) electrons. The SMILES string of the molecule is N#Cc1ccc(CNC[C@H](O)c2ccccc2F)cc1. The van der Waals surface area contributed by atoms with Crippen molar-refractivity contribution in [1.82, 2.24) is 5.32 Å². The average molecular weight is 270 g/mol. The molecule has 0 spiro atoms. The minimum absolute atomic E-state index is 0.265. The van der Waals surface area contributed by atoms with Gasteiger partial charge in [0.25, 0.3) is 0 Å². The molecule has 0 heterocycles. The van der Waals surface area contributed by atoms with Crippen molar-refractivity contribution < 1.29 is 9.50 Å². The fourth-order valence-corrected chi connectivity index (χ4v) is 1.91. The van der Waals surface area contributed by atoms with E-state index in [-0.39, 0.29) is 6.54 Å². The van der Waals surface area contributed by atoms with Crippen LogP contribution in [0.2, 0.25) is 0 Å². The van der Waals surface area contributed by atoms with Crippen molar-refractivity contribution >= 4 is 0 Å². The highest BCUT2D eigenvalue weighted by Crippen LogP contribution is 2.15. The Bertz CT molecular complexity index is 605. The van der Waals surface area contributed by atoms with E-state index >= 15 is 0 Å². The van der Waals surface area contributed by atoms with Crippen LogP contribution in [0.25, 0.3) is 0 Å². The lowest BCUT2D eigenvalue weighted by molar-refractivity contribution is 0.169. The van der Waals surface area contributed by atoms with Crippen LogP contribution < -0.4 is 5.32 Å². The van der Waals surface area contributed by atoms with Gasteiger partial charge in [0.2, 0.25) is 0 Å². The van der Waals surface area contributed by atoms with Crippen molar-refractivity contribution in [3.05, 3.63) is 71.0 Å². The molecule has 0 saturated carbocycles. The Morgan fingerprint density at radius 3 is 2.50 bits per heavy atom. The lowest BCUT2D eigenvalue weighted by Gasteiger charge is -2.13. The summed E-state index contributed by atoms with van der Waals surface area (Å²) in [5.74, 6) is -0.403. The molecule has 1 atom stereocenters. The Morgan fingerprint density at radius 2 is 1.85 bits per heavy atom. The second kappa shape index (κ2) is 6.80. The first-order valence-corrected chi connectivity index (χ1v) is 6.33. The van der Waals surface area contributed by atoms with E-state index in [1.807, 2.05) is 12.1 Å². The molecule has 4 heteroatoms. The van der Waals surface area contributed by atoms with Crippen LogP contribution in [0.15, 0.2) is 48.5 Å². The summed E-state index contributed by atoms with van der Waals surface area (Å²) in [4.78, 5) is 0. The van der Waals surface area contributed by atoms with Gasteiger partial charge in [0, 0.05) is 18.7 Å². The maximum Gasteiger partial charge on any atom is 0.129 e. The third-order valence-electron chi connectivity index (χ3n) is 3.01. The number of benzene rings is 2. The van der Waals surface area contributed by atoms with Gasteiger partial charge in [-0.2, -0.15) is 5.26 Å². The molecule has 2 N–H and O–H groups in total. The van der Waals surface area contributed by atoms with Crippen molar-refractivity contribution in [3.63, 3.8) is 0 Å². The number of hydrogen-bond donors (Lipinski definition) is 2. The van der Waals surface area contributed by atoms with Crippen molar-refractivity contribution in [2.24, 2.45) is 0 Å². The van der Waals surface area contributed by atoms with E-state index in [4.69, 9.17) is 5.26 Å². The third kappa shape index (κ3) is 3.64. The molecule has 2 aromatic carbocycles. The predicted octanol–water partition coefficient (Wildman–Crippen LogP) is 2.52. The average Bonchev–Trinajstić information content (AvgIpc) is 2.48. The third-order valence-corrected chi connectivity index (χ3v) is 3.01. The number of aliphatic hydroxyl groups excluding tert-OH is 1. The van der Waals surface area contributed by atoms with Crippen LogP contribution in [0, 0.1) is 17.1 Å². The molecule has 0 aliphatic rings. The van der Waals surface area contributed by atoms with E-state index in [0.29, 0.717) is 17.7 Å². The summed E-state index contributed by atoms with van der Waals surface area (Å²) in [7, 11) is 0. The quantitative estimate of drug-likeness (QED) is 0.877. The van der Waals surface area contributed by atoms with Crippen molar-refractivity contribution in [3.8, 4) is 6.07 Å². The summed E-state index contributed by atoms with van der Waals surface area (Å²) in [6.07, 6.45) is -0.880. The van der Waals surface area contributed by atoms with E-state index in [9.17, 15) is 9.50 Å². The number of rotatable bonds is 5. The number of nitrogens with one attached hydrogen (secondary N) is 1. The minimum atomic E-state index is -0.880. The Hall–Kier alpha value is -2.22. The van der Waals surface area contributed by atoms with Crippen molar-refractivity contribution in [1.29, 1.82) is 5.26 Å². The minimum Gasteiger partial charge on any atom is -0.387 e. The highest BCUT2D eigenvalue weighted by molar-refractivity contribution is 5.31. The topological polar surface area (TPSA) is 56.0 Å². The highest BCUT2D eigenvalue weighted by Gasteiger charge is 2.11. The second-order valence-corrected chi connectivity index (χ2v) is 4.48. The van der Waals surface area contributed by atoms with Crippen LogP contribution in [0.1, 0.15) is 22.8 Å². The van der Waals surface area contributed by atoms with Gasteiger partial charge >= 0.3 is 0 Å². The molecule has 2 rings (SSSR count). The van der Waals surface area contributed by atoms with E-state index < -0.39 is 11.9 Å². The van der Waals surface area contributed by atoms with Crippen molar-refractivity contribution in [2.75, 3.05) is 6.54 Å². The molecular formula is C16H15FN2O. The van der Waals surface area contributed by atoms with Crippen LogP contribution >= 0.6 is 0 Å². The van der Waals surface area contributed by atoms with Gasteiger partial charge in [-0.1, -0.05) is 30.3 Å². The number of nitriles is 1. The molecule has 0 fully saturated rings. The van der Waals surface area contributed by atoms with Gasteiger partial charge in [-0.05, 0) is 23.8 Å². The van der Waals surface area contributed by atoms with Crippen LogP contribution in [-0.4, -0.2) is 11.7 Å². The van der Waals surface area contributed by atoms with Crippen LogP contribution in [0.5, 0.6) is 0 Å². The fourth-order valence-electron chi connectivity index (χ4n) is 1.91. The summed E-state index contributed by atoms with van der Waals surface area (Å²) in [5, 5.41) is 21.7. The van der Waals surface area contributed by atoms with Gasteiger partial charge < -0.3 is 10.4 Å². The Kier molecular flexibility index (Phi) is 4.83. The number of aliphatic hydroxyl groups is 1. The first-order chi connectivity index (χ1) is 9.70. The van der Waals surface area contributed by atoms with Crippen molar-refractivity contribution in [2.45, 2.75) is 12.6 Å². The number of halogens is 1. The number of nitrogens with zero attached hydrogens (tertiary/aromatic N) is 1. The van der Waals surface area contributed by atoms with Gasteiger partial charge in [-0.15, -0.1) is 0 Å². The molecule has 0 aliphatic heterocycles. The largest absolute Gasteiger partial charge is 0.387 e. The van der Waals surface area contributed by atoms with Gasteiger partial charge in [0.05, 0.1) is 17.7 Å². The van der Waals surface area contributed by atoms with E-state index in [1.54, 1.807) is 30.3 Å². The maximum absolute atomic E-state index is 13.5. The predicted molar refractivity (Wildman–Crippen MR) is 74.2 cm³/mol. The molecular weight excluding hydrogens is 255 g/mol. The summed E-state index contributed by atoms with van der Waals surface area (Å²) < 4.78 is 13.5. The van der Waals surface area contributed by atoms with Gasteiger partial charge in [0.15, 0.2) is 0 Å². The lowest BCUT2D eigenvalue weighted by atomic mass is 10.1. The molecule has 0 aliphatic carbocycles. The molecule has 0 unspecified atom stereocenters. The van der Waals surface area contributed by atoms with Gasteiger partial charge in [0.1, 0.15) is 5.82 Å². The van der Waals surface area contributed by atoms with Gasteiger partial charge in [-0.25, -0.2) is 4.39 Å². The maximum atomic E-state index is 13.5. The van der Waals surface area contributed by atoms with E-state index in [2.05, 4.69) is 11.4 Å². The molecule has 0 saturated heterocycles. The zero-order valence-corrected chi connectivity index (χ0v) is 10.9. The summed E-state index contributed by atoms with van der Waals surface area (Å²) in [5.41, 5.74) is 1.91. The normalized spacial score (nSPS) is 11.8. The monoisotopic (exact) mass is 270 g/mol. The first kappa shape index (κ1) is 14.2. The smallest absolute Gasteiger partial charge is 0.129 e. The molecule has 3 nitrogen and oxygen atoms in total. The lowest BCUT2D eigenvalue weighted by Crippen LogP contribution is -2.21. The standard InChI is InChI=1S/C16H15FN2O/c17-15-4-2-1-3-14(15)16(20)11-19-10-13-7-5-12(9-18)6-8-13/h1-8,16,19-20H,10-11H2/t16-/m0/s1. The highest BCUT2D eigenvalue weighted by atomic mass is 19.1. The second-order valence-electron chi connectivity index (χ2n) is 4.48. The molecule has 102 valence electrons. The Morgan fingerprint density at radius 1 is 1.15 bits per heavy atom.